The molecule has 4 rings (SSSR count). The number of alkyl halides is 6. The third kappa shape index (κ3) is 5.46. The van der Waals surface area contributed by atoms with Gasteiger partial charge in [-0.25, -0.2) is 52.7 Å². The van der Waals surface area contributed by atoms with Crippen molar-refractivity contribution in [2.45, 2.75) is 12.4 Å². The smallest absolute Gasteiger partial charge is 0.204 e. The van der Waals surface area contributed by atoms with Gasteiger partial charge in [0.15, 0.2) is 69.8 Å². The summed E-state index contributed by atoms with van der Waals surface area (Å²) in [4.78, 5) is 0. The van der Waals surface area contributed by atoms with E-state index in [-0.39, 0.29) is 0 Å². The highest BCUT2D eigenvalue weighted by Crippen LogP contribution is 2.57. The van der Waals surface area contributed by atoms with Crippen LogP contribution in [0.25, 0.3) is 16.7 Å². The van der Waals surface area contributed by atoms with Crippen LogP contribution in [0.15, 0.2) is 22.8 Å². The van der Waals surface area contributed by atoms with Gasteiger partial charge in [0.25, 0.3) is 0 Å². The summed E-state index contributed by atoms with van der Waals surface area (Å²) in [6.45, 7) is 0. The van der Waals surface area contributed by atoms with Gasteiger partial charge in [0.05, 0.1) is 33.4 Å². The van der Waals surface area contributed by atoms with Gasteiger partial charge in [-0.1, -0.05) is 0 Å². The lowest BCUT2D eigenvalue weighted by atomic mass is 9.98. The van der Waals surface area contributed by atoms with Crippen LogP contribution in [0.2, 0.25) is 0 Å². The van der Waals surface area contributed by atoms with Gasteiger partial charge >= 0.3 is 12.4 Å². The molecule has 3 aromatic rings. The second kappa shape index (κ2) is 12.2. The van der Waals surface area contributed by atoms with Crippen molar-refractivity contribution >= 4 is 16.7 Å². The van der Waals surface area contributed by atoms with E-state index in [9.17, 15) is 94.8 Å². The molecular formula is C29HF18N3. The van der Waals surface area contributed by atoms with Gasteiger partial charge in [-0.15, -0.1) is 0 Å². The van der Waals surface area contributed by atoms with Crippen LogP contribution in [0, 0.1) is 104 Å². The third-order valence-electron chi connectivity index (χ3n) is 6.73. The first kappa shape index (κ1) is 36.9. The maximum atomic E-state index is 15.0. The zero-order chi connectivity index (χ0) is 38.1. The molecule has 50 heavy (non-hydrogen) atoms. The van der Waals surface area contributed by atoms with Gasteiger partial charge in [-0.05, 0) is 0 Å². The molecule has 258 valence electrons. The number of halogens is 18. The van der Waals surface area contributed by atoms with Crippen LogP contribution in [0.1, 0.15) is 27.8 Å². The van der Waals surface area contributed by atoms with Crippen LogP contribution in [-0.4, -0.2) is 0 Å². The molecule has 0 bridgehead atoms. The monoisotopic (exact) mass is 733 g/mol. The predicted molar refractivity (Wildman–Crippen MR) is 126 cm³/mol. The lowest BCUT2D eigenvalue weighted by Crippen LogP contribution is -2.17. The van der Waals surface area contributed by atoms with E-state index in [4.69, 9.17) is 0 Å². The molecule has 0 radical (unpaired) electrons. The van der Waals surface area contributed by atoms with Crippen LogP contribution >= 0.6 is 0 Å². The first-order valence-corrected chi connectivity index (χ1v) is 12.1. The van der Waals surface area contributed by atoms with Crippen molar-refractivity contribution in [2.24, 2.45) is 0 Å². The van der Waals surface area contributed by atoms with E-state index in [2.05, 4.69) is 0 Å². The molecule has 3 aromatic carbocycles. The van der Waals surface area contributed by atoms with Crippen LogP contribution in [0.3, 0.4) is 0 Å². The number of nitrogens with zero attached hydrogens (tertiary/aromatic N) is 3. The van der Waals surface area contributed by atoms with E-state index in [0.717, 1.165) is 6.07 Å². The van der Waals surface area contributed by atoms with E-state index >= 15 is 0 Å². The van der Waals surface area contributed by atoms with E-state index in [1.165, 1.54) is 0 Å². The molecule has 3 nitrogen and oxygen atoms in total. The minimum Gasteiger partial charge on any atom is -0.204 e. The summed E-state index contributed by atoms with van der Waals surface area (Å²) in [6.07, 6.45) is -12.4. The van der Waals surface area contributed by atoms with Crippen molar-refractivity contribution in [1.29, 1.82) is 15.8 Å². The van der Waals surface area contributed by atoms with Gasteiger partial charge in [0.2, 0.25) is 0 Å². The second-order valence-electron chi connectivity index (χ2n) is 9.44. The number of nitriles is 3. The largest absolute Gasteiger partial charge is 0.422 e. The molecule has 0 heterocycles. The van der Waals surface area contributed by atoms with Crippen LogP contribution in [0.5, 0.6) is 0 Å². The Kier molecular flexibility index (Phi) is 9.01. The summed E-state index contributed by atoms with van der Waals surface area (Å²) >= 11 is 0. The Labute approximate surface area is 263 Å². The lowest BCUT2D eigenvalue weighted by Gasteiger charge is -2.14. The summed E-state index contributed by atoms with van der Waals surface area (Å²) in [6, 6.07) is 1.76. The third-order valence-corrected chi connectivity index (χ3v) is 6.73. The fraction of sp³-hybridized carbons (Fsp3) is 0.0690. The summed E-state index contributed by atoms with van der Waals surface area (Å²) in [5, 5.41) is 29.0. The Morgan fingerprint density at radius 3 is 0.800 bits per heavy atom. The first-order valence-electron chi connectivity index (χ1n) is 12.1. The molecule has 0 unspecified atom stereocenters. The van der Waals surface area contributed by atoms with Crippen molar-refractivity contribution in [3.8, 4) is 18.2 Å². The van der Waals surface area contributed by atoms with Crippen molar-refractivity contribution in [2.75, 3.05) is 0 Å². The van der Waals surface area contributed by atoms with Gasteiger partial charge in [-0.2, -0.15) is 42.1 Å². The Morgan fingerprint density at radius 2 is 0.600 bits per heavy atom. The van der Waals surface area contributed by atoms with E-state index in [1.54, 1.807) is 0 Å². The van der Waals surface area contributed by atoms with Crippen LogP contribution < -0.4 is 0 Å². The molecule has 21 heteroatoms. The molecule has 0 aliphatic heterocycles. The predicted octanol–water partition coefficient (Wildman–Crippen LogP) is 9.64. The SMILES string of the molecule is N#CC(=C1C(=C(C#N)c2c(F)c(F)c(C(F)(F)F)c(F)c2F)C1=C(C#N)c1c(F)c(F)c(C(F)(F)F)c(F)c1F)c1c(F)c(F)cc(F)c1F. The van der Waals surface area contributed by atoms with Crippen molar-refractivity contribution in [3.05, 3.63) is 120 Å². The van der Waals surface area contributed by atoms with Gasteiger partial charge in [0.1, 0.15) is 29.3 Å². The van der Waals surface area contributed by atoms with E-state index in [1.807, 2.05) is 0 Å². The van der Waals surface area contributed by atoms with E-state index in [0.29, 0.717) is 12.1 Å². The topological polar surface area (TPSA) is 71.4 Å². The second-order valence-corrected chi connectivity index (χ2v) is 9.44. The Bertz CT molecular complexity index is 2080. The first-order chi connectivity index (χ1) is 23.0. The molecule has 1 saturated carbocycles. The summed E-state index contributed by atoms with van der Waals surface area (Å²) < 4.78 is 254. The highest BCUT2D eigenvalue weighted by atomic mass is 19.4. The fourth-order valence-electron chi connectivity index (χ4n) is 4.64. The number of rotatable bonds is 3. The molecule has 1 aliphatic rings. The molecule has 0 aromatic heterocycles. The average molecular weight is 733 g/mol. The number of allylic oxidation sites excluding steroid dienone is 6. The highest BCUT2D eigenvalue weighted by Gasteiger charge is 2.49. The summed E-state index contributed by atoms with van der Waals surface area (Å²) in [5.41, 5.74) is -25.0. The Morgan fingerprint density at radius 1 is 0.380 bits per heavy atom. The van der Waals surface area contributed by atoms with Crippen molar-refractivity contribution in [1.82, 2.24) is 0 Å². The standard InChI is InChI=1S/C29HF18N3/c30-8-1-9(31)19(33)13(18(8)32)5(2-48)10-11(6(3-49)14-20(34)24(38)16(28(42,43)44)25(39)21(14)35)12(10)7(4-50)15-22(36)26(40)17(29(45,46)47)27(41)23(15)37/h1H. The number of hydrogen-bond acceptors (Lipinski definition) is 3. The lowest BCUT2D eigenvalue weighted by molar-refractivity contribution is -0.144. The van der Waals surface area contributed by atoms with Crippen molar-refractivity contribution in [3.63, 3.8) is 0 Å². The number of benzene rings is 3. The molecule has 0 atom stereocenters. The molecule has 0 spiro atoms. The van der Waals surface area contributed by atoms with Gasteiger partial charge < -0.3 is 0 Å². The Balaban J connectivity index is 2.35. The van der Waals surface area contributed by atoms with Crippen LogP contribution in [-0.2, 0) is 12.4 Å². The maximum absolute atomic E-state index is 15.0. The molecule has 0 saturated heterocycles. The summed E-state index contributed by atoms with van der Waals surface area (Å²) in [7, 11) is 0. The minimum absolute atomic E-state index is 0.466. The zero-order valence-electron chi connectivity index (χ0n) is 22.7. The van der Waals surface area contributed by atoms with Crippen molar-refractivity contribution < 1.29 is 79.0 Å². The van der Waals surface area contributed by atoms with Gasteiger partial charge in [-0.3, -0.25) is 0 Å². The fourth-order valence-corrected chi connectivity index (χ4v) is 4.64. The molecule has 1 fully saturated rings. The zero-order valence-corrected chi connectivity index (χ0v) is 22.7. The number of hydrogen-bond donors (Lipinski definition) is 0. The summed E-state index contributed by atoms with van der Waals surface area (Å²) in [5.74, 6) is -35.2. The molecular weight excluding hydrogens is 732 g/mol. The molecule has 0 N–H and O–H groups in total. The molecule has 0 amide bonds. The Hall–Kier alpha value is -5.91. The van der Waals surface area contributed by atoms with E-state index < -0.39 is 149 Å². The average Bonchev–Trinajstić information content (AvgIpc) is 3.73. The van der Waals surface area contributed by atoms with Crippen LogP contribution in [0.4, 0.5) is 79.0 Å². The maximum Gasteiger partial charge on any atom is 0.422 e. The molecule has 1 aliphatic carbocycles. The van der Waals surface area contributed by atoms with Gasteiger partial charge in [0, 0.05) is 22.8 Å². The minimum atomic E-state index is -6.19. The highest BCUT2D eigenvalue weighted by molar-refractivity contribution is 6.12. The normalized spacial score (nSPS) is 15.0. The quantitative estimate of drug-likeness (QED) is 0.153.